The first kappa shape index (κ1) is 18.7. The number of unbranched alkanes of at least 4 members (excludes halogenated alkanes) is 1. The largest absolute Gasteiger partial charge is 0.481 e. The Morgan fingerprint density at radius 2 is 1.67 bits per heavy atom. The molecule has 0 saturated heterocycles. The van der Waals surface area contributed by atoms with Crippen LogP contribution in [0.1, 0.15) is 78.9 Å². The summed E-state index contributed by atoms with van der Waals surface area (Å²) in [6.45, 7) is 8.03. The number of carbonyl (C=O) groups is 2. The lowest BCUT2D eigenvalue weighted by molar-refractivity contribution is -0.146. The molecule has 0 aliphatic heterocycles. The molecule has 1 aromatic rings. The number of aliphatic carboxylic acids is 1. The Labute approximate surface area is 145 Å². The molecule has 1 atom stereocenters. The minimum atomic E-state index is -0.805. The molecular weight excluding hydrogens is 300 g/mol. The molecule has 1 aliphatic carbocycles. The Balaban J connectivity index is 2.50. The van der Waals surface area contributed by atoms with E-state index in [1.165, 1.54) is 0 Å². The van der Waals surface area contributed by atoms with Gasteiger partial charge in [-0.3, -0.25) is 9.59 Å². The number of hydrogen-bond acceptors (Lipinski definition) is 2. The summed E-state index contributed by atoms with van der Waals surface area (Å²) in [5, 5.41) is 9.85. The molecule has 0 amide bonds. The van der Waals surface area contributed by atoms with Gasteiger partial charge in [-0.15, -0.1) is 0 Å². The summed E-state index contributed by atoms with van der Waals surface area (Å²) in [5.74, 6) is -1.30. The molecule has 24 heavy (non-hydrogen) atoms. The number of carboxylic acids is 1. The summed E-state index contributed by atoms with van der Waals surface area (Å²) in [7, 11) is 0. The average molecular weight is 330 g/mol. The second-order valence-electron chi connectivity index (χ2n) is 7.50. The predicted octanol–water partition coefficient (Wildman–Crippen LogP) is 5.25. The van der Waals surface area contributed by atoms with Crippen LogP contribution >= 0.6 is 0 Å². The van der Waals surface area contributed by atoms with Gasteiger partial charge in [-0.25, -0.2) is 0 Å². The van der Waals surface area contributed by atoms with Crippen molar-refractivity contribution in [2.45, 2.75) is 72.6 Å². The Morgan fingerprint density at radius 3 is 2.12 bits per heavy atom. The molecule has 0 bridgehead atoms. The fourth-order valence-electron chi connectivity index (χ4n) is 4.57. The molecular formula is C21H30O3. The maximum Gasteiger partial charge on any atom is 0.307 e. The number of carbonyl (C=O) groups excluding carboxylic acids is 1. The first-order chi connectivity index (χ1) is 11.3. The zero-order chi connectivity index (χ0) is 17.9. The highest BCUT2D eigenvalue weighted by atomic mass is 16.4. The quantitative estimate of drug-likeness (QED) is 0.695. The molecule has 1 aromatic carbocycles. The van der Waals surface area contributed by atoms with E-state index >= 15 is 0 Å². The molecule has 1 fully saturated rings. The zero-order valence-corrected chi connectivity index (χ0v) is 15.4. The molecule has 1 saturated carbocycles. The number of hydrogen-bond donors (Lipinski definition) is 1. The van der Waals surface area contributed by atoms with Crippen LogP contribution in [-0.2, 0) is 4.79 Å². The molecule has 132 valence electrons. The lowest BCUT2D eigenvalue weighted by Gasteiger charge is -2.35. The van der Waals surface area contributed by atoms with Crippen molar-refractivity contribution in [1.29, 1.82) is 0 Å². The van der Waals surface area contributed by atoms with Gasteiger partial charge in [0.25, 0.3) is 0 Å². The van der Waals surface area contributed by atoms with Gasteiger partial charge in [0.2, 0.25) is 0 Å². The Kier molecular flexibility index (Phi) is 5.84. The van der Waals surface area contributed by atoms with Gasteiger partial charge in [0.1, 0.15) is 0 Å². The van der Waals surface area contributed by atoms with Crippen LogP contribution in [-0.4, -0.2) is 16.9 Å². The molecule has 0 heterocycles. The molecule has 0 spiro atoms. The third-order valence-electron chi connectivity index (χ3n) is 5.66. The second kappa shape index (κ2) is 7.50. The third kappa shape index (κ3) is 3.40. The van der Waals surface area contributed by atoms with E-state index in [0.29, 0.717) is 19.3 Å². The number of Topliss-reactive ketones (excluding diaryl/α,β-unsaturated/α-hetero) is 1. The van der Waals surface area contributed by atoms with E-state index < -0.39 is 17.3 Å². The van der Waals surface area contributed by atoms with Gasteiger partial charge in [-0.1, -0.05) is 50.3 Å². The Bertz CT molecular complexity index is 601. The van der Waals surface area contributed by atoms with E-state index in [2.05, 4.69) is 6.92 Å². The molecule has 1 aliphatic rings. The Morgan fingerprint density at radius 1 is 1.12 bits per heavy atom. The van der Waals surface area contributed by atoms with E-state index in [-0.39, 0.29) is 5.78 Å². The van der Waals surface area contributed by atoms with Crippen LogP contribution in [0.4, 0.5) is 0 Å². The molecule has 1 N–H and O–H groups in total. The van der Waals surface area contributed by atoms with Gasteiger partial charge in [-0.2, -0.15) is 0 Å². The smallest absolute Gasteiger partial charge is 0.307 e. The number of ketones is 1. The van der Waals surface area contributed by atoms with Crippen LogP contribution in [0.3, 0.4) is 0 Å². The van der Waals surface area contributed by atoms with E-state index in [4.69, 9.17) is 0 Å². The summed E-state index contributed by atoms with van der Waals surface area (Å²) in [6.07, 6.45) is 5.73. The summed E-state index contributed by atoms with van der Waals surface area (Å²) < 4.78 is 0. The minimum Gasteiger partial charge on any atom is -0.481 e. The van der Waals surface area contributed by atoms with E-state index in [0.717, 1.165) is 47.9 Å². The van der Waals surface area contributed by atoms with Gasteiger partial charge >= 0.3 is 5.97 Å². The SMILES string of the molecule is CCCCC(C(=O)O)C1(C(=O)c2c(C)cc(C)cc2C)CCCC1. The third-order valence-corrected chi connectivity index (χ3v) is 5.66. The summed E-state index contributed by atoms with van der Waals surface area (Å²) >= 11 is 0. The van der Waals surface area contributed by atoms with Crippen molar-refractivity contribution in [2.24, 2.45) is 11.3 Å². The normalized spacial score (nSPS) is 17.7. The number of rotatable bonds is 7. The van der Waals surface area contributed by atoms with Crippen LogP contribution in [0, 0.1) is 32.1 Å². The molecule has 3 nitrogen and oxygen atoms in total. The number of carboxylic acid groups (broad SMARTS) is 1. The highest BCUT2D eigenvalue weighted by molar-refractivity contribution is 6.05. The van der Waals surface area contributed by atoms with E-state index in [1.807, 2.05) is 32.9 Å². The molecule has 1 unspecified atom stereocenters. The topological polar surface area (TPSA) is 54.4 Å². The lowest BCUT2D eigenvalue weighted by Crippen LogP contribution is -2.41. The van der Waals surface area contributed by atoms with Crippen LogP contribution in [0.5, 0.6) is 0 Å². The molecule has 3 heteroatoms. The van der Waals surface area contributed by atoms with Gasteiger partial charge in [0.05, 0.1) is 5.92 Å². The van der Waals surface area contributed by atoms with Crippen LogP contribution in [0.2, 0.25) is 0 Å². The standard InChI is InChI=1S/C21H30O3/c1-5-6-9-17(20(23)24)21(10-7-8-11-21)19(22)18-15(3)12-14(2)13-16(18)4/h12-13,17H,5-11H2,1-4H3,(H,23,24). The van der Waals surface area contributed by atoms with Crippen molar-refractivity contribution in [3.05, 3.63) is 34.4 Å². The maximum atomic E-state index is 13.6. The van der Waals surface area contributed by atoms with Crippen molar-refractivity contribution in [1.82, 2.24) is 0 Å². The molecule has 2 rings (SSSR count). The van der Waals surface area contributed by atoms with E-state index in [9.17, 15) is 14.7 Å². The lowest BCUT2D eigenvalue weighted by atomic mass is 9.66. The van der Waals surface area contributed by atoms with Crippen LogP contribution < -0.4 is 0 Å². The molecule has 0 radical (unpaired) electrons. The monoisotopic (exact) mass is 330 g/mol. The van der Waals surface area contributed by atoms with Crippen molar-refractivity contribution in [3.63, 3.8) is 0 Å². The van der Waals surface area contributed by atoms with Gasteiger partial charge in [0.15, 0.2) is 5.78 Å². The second-order valence-corrected chi connectivity index (χ2v) is 7.50. The first-order valence-electron chi connectivity index (χ1n) is 9.19. The number of aryl methyl sites for hydroxylation is 3. The summed E-state index contributed by atoms with van der Waals surface area (Å²) in [4.78, 5) is 25.6. The summed E-state index contributed by atoms with van der Waals surface area (Å²) in [6, 6.07) is 4.06. The first-order valence-corrected chi connectivity index (χ1v) is 9.19. The van der Waals surface area contributed by atoms with Gasteiger partial charge in [0, 0.05) is 11.0 Å². The fourth-order valence-corrected chi connectivity index (χ4v) is 4.57. The van der Waals surface area contributed by atoms with Crippen molar-refractivity contribution < 1.29 is 14.7 Å². The van der Waals surface area contributed by atoms with Crippen LogP contribution in [0.25, 0.3) is 0 Å². The maximum absolute atomic E-state index is 13.6. The highest BCUT2D eigenvalue weighted by Crippen LogP contribution is 2.49. The minimum absolute atomic E-state index is 0.0681. The fraction of sp³-hybridized carbons (Fsp3) is 0.619. The summed E-state index contributed by atoms with van der Waals surface area (Å²) in [5.41, 5.74) is 3.13. The van der Waals surface area contributed by atoms with Gasteiger partial charge < -0.3 is 5.11 Å². The van der Waals surface area contributed by atoms with Crippen molar-refractivity contribution in [2.75, 3.05) is 0 Å². The van der Waals surface area contributed by atoms with Crippen LogP contribution in [0.15, 0.2) is 12.1 Å². The molecule has 0 aromatic heterocycles. The zero-order valence-electron chi connectivity index (χ0n) is 15.4. The number of benzene rings is 1. The van der Waals surface area contributed by atoms with Crippen molar-refractivity contribution in [3.8, 4) is 0 Å². The van der Waals surface area contributed by atoms with Gasteiger partial charge in [-0.05, 0) is 51.2 Å². The van der Waals surface area contributed by atoms with Crippen molar-refractivity contribution >= 4 is 11.8 Å². The van der Waals surface area contributed by atoms with E-state index in [1.54, 1.807) is 0 Å². The average Bonchev–Trinajstić information content (AvgIpc) is 2.96. The highest BCUT2D eigenvalue weighted by Gasteiger charge is 2.50. The predicted molar refractivity (Wildman–Crippen MR) is 96.5 cm³/mol. The Hall–Kier alpha value is -1.64.